The molecule has 1 aromatic heterocycles. The van der Waals surface area contributed by atoms with Crippen LogP contribution in [0.5, 0.6) is 0 Å². The van der Waals surface area contributed by atoms with Crippen LogP contribution >= 0.6 is 11.3 Å². The molecule has 2 N–H and O–H groups in total. The summed E-state index contributed by atoms with van der Waals surface area (Å²) >= 11 is 1.62. The lowest BCUT2D eigenvalue weighted by Gasteiger charge is -2.21. The van der Waals surface area contributed by atoms with Crippen molar-refractivity contribution >= 4 is 17.2 Å². The number of hydrogen-bond donors (Lipinski definition) is 2. The van der Waals surface area contributed by atoms with Gasteiger partial charge in [-0.25, -0.2) is 4.98 Å². The topological polar surface area (TPSA) is 54.0 Å². The first-order chi connectivity index (χ1) is 10.3. The van der Waals surface area contributed by atoms with E-state index >= 15 is 0 Å². The molecule has 0 bridgehead atoms. The van der Waals surface area contributed by atoms with Gasteiger partial charge in [-0.1, -0.05) is 30.3 Å². The molecule has 0 unspecified atom stereocenters. The predicted octanol–water partition coefficient (Wildman–Crippen LogP) is 2.43. The second-order valence-corrected chi connectivity index (χ2v) is 6.11. The van der Waals surface area contributed by atoms with Crippen molar-refractivity contribution in [2.24, 2.45) is 5.92 Å². The summed E-state index contributed by atoms with van der Waals surface area (Å²) in [7, 11) is 0. The highest BCUT2D eigenvalue weighted by Crippen LogP contribution is 2.23. The van der Waals surface area contributed by atoms with E-state index < -0.39 is 0 Å². The van der Waals surface area contributed by atoms with Crippen LogP contribution in [0.15, 0.2) is 35.7 Å². The van der Waals surface area contributed by atoms with Crippen molar-refractivity contribution in [3.63, 3.8) is 0 Å². The summed E-state index contributed by atoms with van der Waals surface area (Å²) in [6, 6.07) is 10.1. The maximum atomic E-state index is 12.1. The fourth-order valence-electron chi connectivity index (χ4n) is 2.51. The van der Waals surface area contributed by atoms with Crippen LogP contribution in [0, 0.1) is 5.92 Å². The zero-order chi connectivity index (χ0) is 14.5. The highest BCUT2D eigenvalue weighted by Gasteiger charge is 2.20. The van der Waals surface area contributed by atoms with Crippen LogP contribution in [0.4, 0.5) is 0 Å². The number of carbonyl (C=O) groups excluding carboxylic acids is 1. The summed E-state index contributed by atoms with van der Waals surface area (Å²) in [4.78, 5) is 16.7. The van der Waals surface area contributed by atoms with E-state index in [0.717, 1.165) is 42.2 Å². The lowest BCUT2D eigenvalue weighted by molar-refractivity contribution is -0.125. The van der Waals surface area contributed by atoms with Gasteiger partial charge in [-0.2, -0.15) is 0 Å². The van der Waals surface area contributed by atoms with E-state index in [9.17, 15) is 4.79 Å². The SMILES string of the molecule is O=C(NCc1csc(-c2ccccc2)n1)C1CCNCC1. The molecular weight excluding hydrogens is 282 g/mol. The predicted molar refractivity (Wildman–Crippen MR) is 85.0 cm³/mol. The summed E-state index contributed by atoms with van der Waals surface area (Å²) in [5, 5.41) is 9.31. The Kier molecular flexibility index (Phi) is 4.62. The molecule has 110 valence electrons. The number of nitrogens with one attached hydrogen (secondary N) is 2. The number of amides is 1. The minimum absolute atomic E-state index is 0.151. The molecule has 0 radical (unpaired) electrons. The summed E-state index contributed by atoms with van der Waals surface area (Å²) in [5.74, 6) is 0.309. The fourth-order valence-corrected chi connectivity index (χ4v) is 3.33. The summed E-state index contributed by atoms with van der Waals surface area (Å²) < 4.78 is 0. The molecule has 1 fully saturated rings. The van der Waals surface area contributed by atoms with Gasteiger partial charge in [-0.15, -0.1) is 11.3 Å². The Morgan fingerprint density at radius 3 is 2.81 bits per heavy atom. The molecule has 21 heavy (non-hydrogen) atoms. The molecule has 0 spiro atoms. The Morgan fingerprint density at radius 2 is 2.05 bits per heavy atom. The maximum Gasteiger partial charge on any atom is 0.223 e. The number of carbonyl (C=O) groups is 1. The van der Waals surface area contributed by atoms with Crippen LogP contribution in [0.25, 0.3) is 10.6 Å². The van der Waals surface area contributed by atoms with Gasteiger partial charge in [0.2, 0.25) is 5.91 Å². The molecule has 2 aromatic rings. The third-order valence-corrected chi connectivity index (χ3v) is 4.67. The second kappa shape index (κ2) is 6.83. The van der Waals surface area contributed by atoms with E-state index in [4.69, 9.17) is 0 Å². The number of hydrogen-bond acceptors (Lipinski definition) is 4. The lowest BCUT2D eigenvalue weighted by atomic mass is 9.97. The van der Waals surface area contributed by atoms with Gasteiger partial charge in [0.1, 0.15) is 5.01 Å². The third-order valence-electron chi connectivity index (χ3n) is 3.73. The molecule has 1 aliphatic heterocycles. The zero-order valence-corrected chi connectivity index (χ0v) is 12.7. The van der Waals surface area contributed by atoms with Gasteiger partial charge in [0.15, 0.2) is 0 Å². The van der Waals surface area contributed by atoms with Crippen molar-refractivity contribution in [1.29, 1.82) is 0 Å². The number of rotatable bonds is 4. The molecular formula is C16H19N3OS. The minimum atomic E-state index is 0.151. The molecule has 2 heterocycles. The van der Waals surface area contributed by atoms with Crippen molar-refractivity contribution < 1.29 is 4.79 Å². The first-order valence-corrected chi connectivity index (χ1v) is 8.19. The van der Waals surface area contributed by atoms with Crippen LogP contribution in [0.2, 0.25) is 0 Å². The smallest absolute Gasteiger partial charge is 0.223 e. The van der Waals surface area contributed by atoms with E-state index in [0.29, 0.717) is 6.54 Å². The Morgan fingerprint density at radius 1 is 1.29 bits per heavy atom. The quantitative estimate of drug-likeness (QED) is 0.912. The molecule has 5 heteroatoms. The maximum absolute atomic E-state index is 12.1. The lowest BCUT2D eigenvalue weighted by Crippen LogP contribution is -2.37. The minimum Gasteiger partial charge on any atom is -0.350 e. The van der Waals surface area contributed by atoms with Gasteiger partial charge in [-0.05, 0) is 25.9 Å². The average molecular weight is 301 g/mol. The number of aromatic nitrogens is 1. The molecule has 3 rings (SSSR count). The van der Waals surface area contributed by atoms with Crippen molar-refractivity contribution in [3.8, 4) is 10.6 Å². The number of thiazole rings is 1. The van der Waals surface area contributed by atoms with Crippen molar-refractivity contribution in [1.82, 2.24) is 15.6 Å². The summed E-state index contributed by atoms with van der Waals surface area (Å²) in [5.41, 5.74) is 2.06. The van der Waals surface area contributed by atoms with E-state index in [-0.39, 0.29) is 11.8 Å². The Balaban J connectivity index is 1.56. The first kappa shape index (κ1) is 14.2. The molecule has 0 saturated carbocycles. The fraction of sp³-hybridized carbons (Fsp3) is 0.375. The third kappa shape index (κ3) is 3.68. The van der Waals surface area contributed by atoms with Crippen molar-refractivity contribution in [2.75, 3.05) is 13.1 Å². The summed E-state index contributed by atoms with van der Waals surface area (Å²) in [6.45, 7) is 2.39. The number of benzene rings is 1. The van der Waals surface area contributed by atoms with Gasteiger partial charge in [0.05, 0.1) is 12.2 Å². The highest BCUT2D eigenvalue weighted by molar-refractivity contribution is 7.13. The number of nitrogens with zero attached hydrogens (tertiary/aromatic N) is 1. The van der Waals surface area contributed by atoms with Crippen molar-refractivity contribution in [2.45, 2.75) is 19.4 Å². The Labute approximate surface area is 128 Å². The van der Waals surface area contributed by atoms with Crippen LogP contribution in [-0.2, 0) is 11.3 Å². The highest BCUT2D eigenvalue weighted by atomic mass is 32.1. The van der Waals surface area contributed by atoms with Gasteiger partial charge >= 0.3 is 0 Å². The molecule has 4 nitrogen and oxygen atoms in total. The standard InChI is InChI=1S/C16H19N3OS/c20-15(12-6-8-17-9-7-12)18-10-14-11-21-16(19-14)13-4-2-1-3-5-13/h1-5,11-12,17H,6-10H2,(H,18,20). The van der Waals surface area contributed by atoms with Gasteiger partial charge < -0.3 is 10.6 Å². The normalized spacial score (nSPS) is 15.8. The van der Waals surface area contributed by atoms with Crippen LogP contribution in [-0.4, -0.2) is 24.0 Å². The second-order valence-electron chi connectivity index (χ2n) is 5.25. The van der Waals surface area contributed by atoms with Crippen LogP contribution in [0.1, 0.15) is 18.5 Å². The molecule has 0 atom stereocenters. The average Bonchev–Trinajstić information content (AvgIpc) is 3.03. The molecule has 1 amide bonds. The molecule has 1 saturated heterocycles. The molecule has 0 aliphatic carbocycles. The number of piperidine rings is 1. The van der Waals surface area contributed by atoms with Gasteiger partial charge in [-0.3, -0.25) is 4.79 Å². The Bertz CT molecular complexity index is 591. The van der Waals surface area contributed by atoms with E-state index in [1.807, 2.05) is 23.6 Å². The molecule has 1 aromatic carbocycles. The Hall–Kier alpha value is -1.72. The van der Waals surface area contributed by atoms with E-state index in [1.165, 1.54) is 0 Å². The van der Waals surface area contributed by atoms with E-state index in [1.54, 1.807) is 11.3 Å². The monoisotopic (exact) mass is 301 g/mol. The van der Waals surface area contributed by atoms with E-state index in [2.05, 4.69) is 27.8 Å². The van der Waals surface area contributed by atoms with Gasteiger partial charge in [0.25, 0.3) is 0 Å². The summed E-state index contributed by atoms with van der Waals surface area (Å²) in [6.07, 6.45) is 1.86. The largest absolute Gasteiger partial charge is 0.350 e. The first-order valence-electron chi connectivity index (χ1n) is 7.31. The van der Waals surface area contributed by atoms with Crippen LogP contribution in [0.3, 0.4) is 0 Å². The van der Waals surface area contributed by atoms with Gasteiger partial charge in [0, 0.05) is 16.9 Å². The van der Waals surface area contributed by atoms with Crippen molar-refractivity contribution in [3.05, 3.63) is 41.4 Å². The molecule has 1 aliphatic rings. The van der Waals surface area contributed by atoms with Crippen LogP contribution < -0.4 is 10.6 Å². The zero-order valence-electron chi connectivity index (χ0n) is 11.8.